The van der Waals surface area contributed by atoms with E-state index < -0.39 is 5.91 Å². The van der Waals surface area contributed by atoms with Gasteiger partial charge in [0.15, 0.2) is 11.5 Å². The molecule has 2 aromatic rings. The van der Waals surface area contributed by atoms with Gasteiger partial charge in [0.25, 0.3) is 5.91 Å². The number of nitriles is 1. The highest BCUT2D eigenvalue weighted by Gasteiger charge is 2.12. The summed E-state index contributed by atoms with van der Waals surface area (Å²) in [5, 5.41) is 21.7. The minimum Gasteiger partial charge on any atom is -0.503 e. The summed E-state index contributed by atoms with van der Waals surface area (Å²) in [4.78, 5) is 12.2. The quantitative estimate of drug-likeness (QED) is 0.652. The van der Waals surface area contributed by atoms with Crippen LogP contribution in [-0.4, -0.2) is 18.1 Å². The Morgan fingerprint density at radius 1 is 1.33 bits per heavy atom. The Balaban J connectivity index is 2.29. The van der Waals surface area contributed by atoms with E-state index in [0.29, 0.717) is 11.3 Å². The third-order valence-electron chi connectivity index (χ3n) is 3.26. The lowest BCUT2D eigenvalue weighted by Crippen LogP contribution is -2.13. The van der Waals surface area contributed by atoms with Gasteiger partial charge in [-0.2, -0.15) is 5.26 Å². The fraction of sp³-hybridized carbons (Fsp3) is 0.111. The fourth-order valence-electron chi connectivity index (χ4n) is 1.98. The van der Waals surface area contributed by atoms with Crippen LogP contribution in [0, 0.1) is 18.3 Å². The number of halogens is 1. The number of aryl methyl sites for hydroxylation is 1. The number of anilines is 1. The molecule has 0 unspecified atom stereocenters. The summed E-state index contributed by atoms with van der Waals surface area (Å²) in [5.41, 5.74) is 2.02. The summed E-state index contributed by atoms with van der Waals surface area (Å²) >= 11 is 5.91. The number of phenols is 1. The zero-order valence-corrected chi connectivity index (χ0v) is 13.9. The number of hydrogen-bond donors (Lipinski definition) is 2. The highest BCUT2D eigenvalue weighted by molar-refractivity contribution is 6.32. The maximum atomic E-state index is 12.2. The molecule has 24 heavy (non-hydrogen) atoms. The predicted octanol–water partition coefficient (Wildman–Crippen LogP) is 3.91. The van der Waals surface area contributed by atoms with Gasteiger partial charge in [0, 0.05) is 5.69 Å². The van der Waals surface area contributed by atoms with Gasteiger partial charge in [-0.15, -0.1) is 0 Å². The van der Waals surface area contributed by atoms with Crippen molar-refractivity contribution in [2.75, 3.05) is 12.4 Å². The monoisotopic (exact) mass is 342 g/mol. The Morgan fingerprint density at radius 2 is 2.00 bits per heavy atom. The number of aromatic hydroxyl groups is 1. The van der Waals surface area contributed by atoms with Crippen molar-refractivity contribution in [3.8, 4) is 17.6 Å². The van der Waals surface area contributed by atoms with Crippen molar-refractivity contribution in [2.24, 2.45) is 0 Å². The van der Waals surface area contributed by atoms with Crippen LogP contribution in [0.2, 0.25) is 5.02 Å². The van der Waals surface area contributed by atoms with E-state index in [9.17, 15) is 15.2 Å². The van der Waals surface area contributed by atoms with E-state index in [0.717, 1.165) is 5.56 Å². The highest BCUT2D eigenvalue weighted by atomic mass is 35.5. The molecule has 122 valence electrons. The zero-order valence-electron chi connectivity index (χ0n) is 13.1. The molecule has 2 rings (SSSR count). The van der Waals surface area contributed by atoms with E-state index in [2.05, 4.69) is 5.32 Å². The smallest absolute Gasteiger partial charge is 0.266 e. The van der Waals surface area contributed by atoms with Gasteiger partial charge in [-0.05, 0) is 42.8 Å². The van der Waals surface area contributed by atoms with Gasteiger partial charge in [0.2, 0.25) is 0 Å². The van der Waals surface area contributed by atoms with E-state index in [1.165, 1.54) is 25.3 Å². The molecule has 2 aromatic carbocycles. The molecule has 0 saturated carbocycles. The number of phenolic OH excluding ortho intramolecular Hbond substituents is 1. The molecule has 0 aliphatic carbocycles. The average Bonchev–Trinajstić information content (AvgIpc) is 2.57. The van der Waals surface area contributed by atoms with Crippen LogP contribution >= 0.6 is 11.6 Å². The highest BCUT2D eigenvalue weighted by Crippen LogP contribution is 2.35. The van der Waals surface area contributed by atoms with Gasteiger partial charge >= 0.3 is 0 Å². The second-order valence-electron chi connectivity index (χ2n) is 5.04. The van der Waals surface area contributed by atoms with Crippen LogP contribution in [0.4, 0.5) is 5.69 Å². The number of benzene rings is 2. The topological polar surface area (TPSA) is 82.3 Å². The van der Waals surface area contributed by atoms with Gasteiger partial charge in [0.1, 0.15) is 11.6 Å². The molecule has 0 atom stereocenters. The normalized spacial score (nSPS) is 10.8. The Morgan fingerprint density at radius 3 is 2.58 bits per heavy atom. The first-order valence-corrected chi connectivity index (χ1v) is 7.38. The van der Waals surface area contributed by atoms with Gasteiger partial charge in [-0.1, -0.05) is 29.3 Å². The third-order valence-corrected chi connectivity index (χ3v) is 3.54. The van der Waals surface area contributed by atoms with Crippen LogP contribution in [0.1, 0.15) is 11.1 Å². The third kappa shape index (κ3) is 4.06. The molecule has 0 aromatic heterocycles. The maximum absolute atomic E-state index is 12.2. The molecule has 0 radical (unpaired) electrons. The van der Waals surface area contributed by atoms with E-state index >= 15 is 0 Å². The lowest BCUT2D eigenvalue weighted by Gasteiger charge is -2.07. The Hall–Kier alpha value is -2.97. The number of carbonyl (C=O) groups excluding carboxylic acids is 1. The lowest BCUT2D eigenvalue weighted by atomic mass is 10.1. The summed E-state index contributed by atoms with van der Waals surface area (Å²) in [7, 11) is 1.38. The van der Waals surface area contributed by atoms with Crippen molar-refractivity contribution in [3.05, 3.63) is 58.1 Å². The first-order valence-electron chi connectivity index (χ1n) is 7.01. The Labute approximate surface area is 144 Å². The summed E-state index contributed by atoms with van der Waals surface area (Å²) in [6, 6.07) is 12.0. The summed E-state index contributed by atoms with van der Waals surface area (Å²) in [5.74, 6) is -0.576. The number of carbonyl (C=O) groups is 1. The van der Waals surface area contributed by atoms with Crippen LogP contribution in [0.25, 0.3) is 6.08 Å². The number of methoxy groups -OCH3 is 1. The van der Waals surface area contributed by atoms with E-state index in [1.54, 1.807) is 12.1 Å². The molecule has 0 fully saturated rings. The summed E-state index contributed by atoms with van der Waals surface area (Å²) in [6.07, 6.45) is 1.37. The molecule has 0 heterocycles. The van der Waals surface area contributed by atoms with Gasteiger partial charge in [0.05, 0.1) is 12.1 Å². The summed E-state index contributed by atoms with van der Waals surface area (Å²) in [6.45, 7) is 1.94. The van der Waals surface area contributed by atoms with Crippen LogP contribution < -0.4 is 10.1 Å². The van der Waals surface area contributed by atoms with Crippen LogP contribution in [0.3, 0.4) is 0 Å². The lowest BCUT2D eigenvalue weighted by molar-refractivity contribution is -0.112. The van der Waals surface area contributed by atoms with E-state index in [-0.39, 0.29) is 22.1 Å². The average molecular weight is 343 g/mol. The molecule has 6 heteroatoms. The van der Waals surface area contributed by atoms with Crippen molar-refractivity contribution in [1.29, 1.82) is 5.26 Å². The van der Waals surface area contributed by atoms with Crippen LogP contribution in [0.15, 0.2) is 42.0 Å². The van der Waals surface area contributed by atoms with E-state index in [4.69, 9.17) is 16.3 Å². The molecule has 2 N–H and O–H groups in total. The molecular weight excluding hydrogens is 328 g/mol. The zero-order chi connectivity index (χ0) is 17.7. The number of rotatable bonds is 4. The van der Waals surface area contributed by atoms with Gasteiger partial charge < -0.3 is 15.2 Å². The second kappa shape index (κ2) is 7.53. The van der Waals surface area contributed by atoms with Gasteiger partial charge in [-0.25, -0.2) is 0 Å². The maximum Gasteiger partial charge on any atom is 0.266 e. The molecule has 0 bridgehead atoms. The van der Waals surface area contributed by atoms with Crippen molar-refractivity contribution >= 4 is 29.3 Å². The second-order valence-corrected chi connectivity index (χ2v) is 5.45. The molecule has 0 aliphatic rings. The fourth-order valence-corrected chi connectivity index (χ4v) is 2.20. The SMILES string of the molecule is COc1cc(/C=C(\C#N)C(=O)Nc2ccc(C)cc2)cc(Cl)c1O. The molecule has 5 nitrogen and oxygen atoms in total. The minimum absolute atomic E-state index is 0.0665. The molecule has 0 aliphatic heterocycles. The number of nitrogens with zero attached hydrogens (tertiary/aromatic N) is 1. The molecule has 1 amide bonds. The van der Waals surface area contributed by atoms with Crippen molar-refractivity contribution in [2.45, 2.75) is 6.92 Å². The van der Waals surface area contributed by atoms with Crippen molar-refractivity contribution < 1.29 is 14.6 Å². The molecular formula is C18H15ClN2O3. The van der Waals surface area contributed by atoms with Crippen LogP contribution in [-0.2, 0) is 4.79 Å². The molecule has 0 saturated heterocycles. The Bertz CT molecular complexity index is 837. The first-order chi connectivity index (χ1) is 11.4. The standard InChI is InChI=1S/C18H15ClN2O3/c1-11-3-5-14(6-4-11)21-18(23)13(10-20)7-12-8-15(19)17(22)16(9-12)24-2/h3-9,22H,1-2H3,(H,21,23)/b13-7+. The first kappa shape index (κ1) is 17.4. The Kier molecular flexibility index (Phi) is 5.46. The summed E-state index contributed by atoms with van der Waals surface area (Å²) < 4.78 is 5.00. The number of amides is 1. The van der Waals surface area contributed by atoms with Crippen LogP contribution in [0.5, 0.6) is 11.5 Å². The molecule has 0 spiro atoms. The number of ether oxygens (including phenoxy) is 1. The van der Waals surface area contributed by atoms with Crippen molar-refractivity contribution in [1.82, 2.24) is 0 Å². The van der Waals surface area contributed by atoms with Crippen molar-refractivity contribution in [3.63, 3.8) is 0 Å². The number of hydrogen-bond acceptors (Lipinski definition) is 4. The largest absolute Gasteiger partial charge is 0.503 e. The predicted molar refractivity (Wildman–Crippen MR) is 93.1 cm³/mol. The van der Waals surface area contributed by atoms with Gasteiger partial charge in [-0.3, -0.25) is 4.79 Å². The van der Waals surface area contributed by atoms with E-state index in [1.807, 2.05) is 25.1 Å². The minimum atomic E-state index is -0.537. The number of nitrogens with one attached hydrogen (secondary N) is 1.